The Balaban J connectivity index is 1.74. The first-order chi connectivity index (χ1) is 8.34. The molecule has 2 atom stereocenters. The predicted molar refractivity (Wildman–Crippen MR) is 72.4 cm³/mol. The van der Waals surface area contributed by atoms with Crippen molar-refractivity contribution in [3.05, 3.63) is 23.5 Å². The van der Waals surface area contributed by atoms with Crippen LogP contribution in [0.3, 0.4) is 0 Å². The molecule has 1 aromatic heterocycles. The molecule has 1 fully saturated rings. The van der Waals surface area contributed by atoms with Gasteiger partial charge in [0.2, 0.25) is 0 Å². The first-order valence-corrected chi connectivity index (χ1v) is 7.87. The summed E-state index contributed by atoms with van der Waals surface area (Å²) in [4.78, 5) is 0. The third-order valence-corrected chi connectivity index (χ3v) is 5.42. The van der Waals surface area contributed by atoms with E-state index >= 15 is 0 Å². The Bertz CT molecular complexity index is 382. The lowest BCUT2D eigenvalue weighted by atomic mass is 9.95. The van der Waals surface area contributed by atoms with Gasteiger partial charge in [-0.1, -0.05) is 6.42 Å². The fourth-order valence-corrected chi connectivity index (χ4v) is 4.38. The molecule has 2 unspecified atom stereocenters. The predicted octanol–water partition coefficient (Wildman–Crippen LogP) is 3.14. The SMILES string of the molecule is OC1CCCc2c1ccn2CC1CCCCS1. The van der Waals surface area contributed by atoms with Crippen LogP contribution in [0.25, 0.3) is 0 Å². The van der Waals surface area contributed by atoms with E-state index in [0.717, 1.165) is 31.1 Å². The maximum Gasteiger partial charge on any atom is 0.0807 e. The monoisotopic (exact) mass is 251 g/mol. The van der Waals surface area contributed by atoms with Crippen molar-refractivity contribution < 1.29 is 5.11 Å². The zero-order valence-electron chi connectivity index (χ0n) is 10.3. The number of rotatable bonds is 2. The van der Waals surface area contributed by atoms with E-state index in [4.69, 9.17) is 0 Å². The van der Waals surface area contributed by atoms with Crippen molar-refractivity contribution in [1.29, 1.82) is 0 Å². The van der Waals surface area contributed by atoms with Crippen molar-refractivity contribution >= 4 is 11.8 Å². The summed E-state index contributed by atoms with van der Waals surface area (Å²) in [5.74, 6) is 1.33. The molecule has 17 heavy (non-hydrogen) atoms. The van der Waals surface area contributed by atoms with Gasteiger partial charge in [0.25, 0.3) is 0 Å². The largest absolute Gasteiger partial charge is 0.388 e. The maximum absolute atomic E-state index is 9.96. The summed E-state index contributed by atoms with van der Waals surface area (Å²) in [6.07, 6.45) is 9.35. The zero-order valence-corrected chi connectivity index (χ0v) is 11.1. The highest BCUT2D eigenvalue weighted by Crippen LogP contribution is 2.32. The second kappa shape index (κ2) is 5.07. The summed E-state index contributed by atoms with van der Waals surface area (Å²) in [7, 11) is 0. The van der Waals surface area contributed by atoms with Crippen molar-refractivity contribution in [1.82, 2.24) is 4.57 Å². The van der Waals surface area contributed by atoms with E-state index in [-0.39, 0.29) is 6.10 Å². The highest BCUT2D eigenvalue weighted by molar-refractivity contribution is 7.99. The van der Waals surface area contributed by atoms with E-state index in [1.165, 1.54) is 36.3 Å². The van der Waals surface area contributed by atoms with Gasteiger partial charge in [-0.2, -0.15) is 11.8 Å². The molecular formula is C14H21NOS. The van der Waals surface area contributed by atoms with Crippen LogP contribution in [-0.2, 0) is 13.0 Å². The zero-order chi connectivity index (χ0) is 11.7. The molecule has 1 saturated heterocycles. The summed E-state index contributed by atoms with van der Waals surface area (Å²) in [5, 5.41) is 10.8. The standard InChI is InChI=1S/C14H21NOS/c16-14-6-3-5-13-12(14)7-8-15(13)10-11-4-1-2-9-17-11/h7-8,11,14,16H,1-6,9-10H2. The number of fused-ring (bicyclic) bond motifs is 1. The van der Waals surface area contributed by atoms with Crippen molar-refractivity contribution in [2.45, 2.75) is 56.4 Å². The van der Waals surface area contributed by atoms with E-state index in [1.54, 1.807) is 0 Å². The molecule has 0 saturated carbocycles. The lowest BCUT2D eigenvalue weighted by Gasteiger charge is -2.25. The summed E-state index contributed by atoms with van der Waals surface area (Å²) in [6.45, 7) is 1.15. The van der Waals surface area contributed by atoms with Crippen LogP contribution in [0, 0.1) is 0 Å². The van der Waals surface area contributed by atoms with Gasteiger partial charge in [-0.25, -0.2) is 0 Å². The molecule has 3 rings (SSSR count). The average Bonchev–Trinajstić information content (AvgIpc) is 2.76. The minimum absolute atomic E-state index is 0.209. The number of aromatic nitrogens is 1. The van der Waals surface area contributed by atoms with E-state index in [0.29, 0.717) is 0 Å². The summed E-state index contributed by atoms with van der Waals surface area (Å²) < 4.78 is 2.40. The van der Waals surface area contributed by atoms with Gasteiger partial charge in [-0.15, -0.1) is 0 Å². The quantitative estimate of drug-likeness (QED) is 0.873. The lowest BCUT2D eigenvalue weighted by molar-refractivity contribution is 0.155. The number of hydrogen-bond acceptors (Lipinski definition) is 2. The van der Waals surface area contributed by atoms with Crippen molar-refractivity contribution in [3.8, 4) is 0 Å². The normalized spacial score (nSPS) is 29.0. The first kappa shape index (κ1) is 11.7. The fourth-order valence-electron chi connectivity index (χ4n) is 3.07. The van der Waals surface area contributed by atoms with Gasteiger partial charge in [0.05, 0.1) is 6.10 Å². The van der Waals surface area contributed by atoms with Gasteiger partial charge in [-0.05, 0) is 43.9 Å². The van der Waals surface area contributed by atoms with Gasteiger partial charge >= 0.3 is 0 Å². The van der Waals surface area contributed by atoms with Crippen LogP contribution in [0.15, 0.2) is 12.3 Å². The van der Waals surface area contributed by atoms with Crippen LogP contribution in [-0.4, -0.2) is 20.7 Å². The number of hydrogen-bond donors (Lipinski definition) is 1. The average molecular weight is 251 g/mol. The molecule has 2 aliphatic rings. The van der Waals surface area contributed by atoms with Gasteiger partial charge in [0, 0.05) is 29.2 Å². The number of thioether (sulfide) groups is 1. The van der Waals surface area contributed by atoms with Crippen molar-refractivity contribution in [2.75, 3.05) is 5.75 Å². The first-order valence-electron chi connectivity index (χ1n) is 6.82. The van der Waals surface area contributed by atoms with Crippen molar-refractivity contribution in [3.63, 3.8) is 0 Å². The second-order valence-electron chi connectivity index (χ2n) is 5.27. The lowest BCUT2D eigenvalue weighted by Crippen LogP contribution is -2.19. The number of nitrogens with zero attached hydrogens (tertiary/aromatic N) is 1. The molecule has 0 spiro atoms. The minimum Gasteiger partial charge on any atom is -0.388 e. The molecule has 0 amide bonds. The van der Waals surface area contributed by atoms with Gasteiger partial charge < -0.3 is 9.67 Å². The smallest absolute Gasteiger partial charge is 0.0807 e. The molecule has 0 radical (unpaired) electrons. The molecule has 2 nitrogen and oxygen atoms in total. The molecule has 3 heteroatoms. The molecule has 1 aliphatic carbocycles. The van der Waals surface area contributed by atoms with Crippen LogP contribution in [0.2, 0.25) is 0 Å². The molecule has 94 valence electrons. The Morgan fingerprint density at radius 3 is 3.06 bits per heavy atom. The Hall–Kier alpha value is -0.410. The maximum atomic E-state index is 9.96. The fraction of sp³-hybridized carbons (Fsp3) is 0.714. The van der Waals surface area contributed by atoms with E-state index < -0.39 is 0 Å². The summed E-state index contributed by atoms with van der Waals surface area (Å²) in [5.41, 5.74) is 2.59. The van der Waals surface area contributed by atoms with E-state index in [9.17, 15) is 5.11 Å². The molecule has 1 aromatic rings. The third-order valence-electron chi connectivity index (χ3n) is 4.04. The Labute approximate surface area is 107 Å². The Kier molecular flexibility index (Phi) is 3.48. The van der Waals surface area contributed by atoms with Gasteiger partial charge in [-0.3, -0.25) is 0 Å². The molecule has 1 aliphatic heterocycles. The van der Waals surface area contributed by atoms with Crippen LogP contribution in [0.5, 0.6) is 0 Å². The van der Waals surface area contributed by atoms with Gasteiger partial charge in [0.1, 0.15) is 0 Å². The molecule has 2 heterocycles. The van der Waals surface area contributed by atoms with Crippen LogP contribution < -0.4 is 0 Å². The highest BCUT2D eigenvalue weighted by Gasteiger charge is 2.22. The Morgan fingerprint density at radius 1 is 1.29 bits per heavy atom. The Morgan fingerprint density at radius 2 is 2.24 bits per heavy atom. The van der Waals surface area contributed by atoms with Crippen LogP contribution in [0.1, 0.15) is 49.5 Å². The number of aliphatic hydroxyl groups is 1. The molecular weight excluding hydrogens is 230 g/mol. The van der Waals surface area contributed by atoms with Gasteiger partial charge in [0.15, 0.2) is 0 Å². The third kappa shape index (κ3) is 2.41. The summed E-state index contributed by atoms with van der Waals surface area (Å²) in [6, 6.07) is 2.13. The van der Waals surface area contributed by atoms with E-state index in [1.807, 2.05) is 0 Å². The van der Waals surface area contributed by atoms with Crippen LogP contribution in [0.4, 0.5) is 0 Å². The van der Waals surface area contributed by atoms with Crippen molar-refractivity contribution in [2.24, 2.45) is 0 Å². The topological polar surface area (TPSA) is 25.2 Å². The summed E-state index contributed by atoms with van der Waals surface area (Å²) >= 11 is 2.13. The second-order valence-corrected chi connectivity index (χ2v) is 6.67. The molecule has 0 bridgehead atoms. The van der Waals surface area contributed by atoms with E-state index in [2.05, 4.69) is 28.6 Å². The molecule has 0 aromatic carbocycles. The minimum atomic E-state index is -0.209. The highest BCUT2D eigenvalue weighted by atomic mass is 32.2. The molecule has 1 N–H and O–H groups in total. The number of aliphatic hydroxyl groups excluding tert-OH is 1. The van der Waals surface area contributed by atoms with Crippen LogP contribution >= 0.6 is 11.8 Å².